The van der Waals surface area contributed by atoms with Crippen molar-refractivity contribution >= 4 is 5.84 Å². The second-order valence-corrected chi connectivity index (χ2v) is 4.64. The van der Waals surface area contributed by atoms with Gasteiger partial charge in [0.2, 0.25) is 0 Å². The van der Waals surface area contributed by atoms with Crippen LogP contribution in [0, 0.1) is 0 Å². The lowest BCUT2D eigenvalue weighted by molar-refractivity contribution is 0.223. The lowest BCUT2D eigenvalue weighted by Crippen LogP contribution is -2.46. The van der Waals surface area contributed by atoms with Gasteiger partial charge in [-0.25, -0.2) is 0 Å². The molecule has 0 radical (unpaired) electrons. The Balaban J connectivity index is 2.32. The summed E-state index contributed by atoms with van der Waals surface area (Å²) in [7, 11) is 2.16. The Hall–Kier alpha value is -0.810. The van der Waals surface area contributed by atoms with Crippen LogP contribution in [0.3, 0.4) is 0 Å². The highest BCUT2D eigenvalue weighted by Crippen LogP contribution is 2.11. The summed E-state index contributed by atoms with van der Waals surface area (Å²) in [5, 5.41) is 15.2. The molecule has 0 aromatic carbocycles. The monoisotopic (exact) mass is 228 g/mol. The normalized spacial score (nSPS) is 22.2. The predicted molar refractivity (Wildman–Crippen MR) is 65.8 cm³/mol. The van der Waals surface area contributed by atoms with E-state index in [1.165, 1.54) is 12.8 Å². The minimum Gasteiger partial charge on any atom is -0.409 e. The van der Waals surface area contributed by atoms with Gasteiger partial charge < -0.3 is 21.2 Å². The SMILES string of the molecule is CCC(CC(N)=NO)NC1CCN(C)CC1. The van der Waals surface area contributed by atoms with Gasteiger partial charge in [-0.15, -0.1) is 0 Å². The topological polar surface area (TPSA) is 73.9 Å². The molecule has 0 aromatic heterocycles. The van der Waals surface area contributed by atoms with Gasteiger partial charge in [-0.3, -0.25) is 0 Å². The average molecular weight is 228 g/mol. The lowest BCUT2D eigenvalue weighted by Gasteiger charge is -2.32. The van der Waals surface area contributed by atoms with Gasteiger partial charge in [0, 0.05) is 18.5 Å². The molecular formula is C11H24N4O. The third kappa shape index (κ3) is 4.37. The fraction of sp³-hybridized carbons (Fsp3) is 0.909. The van der Waals surface area contributed by atoms with Gasteiger partial charge >= 0.3 is 0 Å². The van der Waals surface area contributed by atoms with Gasteiger partial charge in [0.25, 0.3) is 0 Å². The number of rotatable bonds is 5. The average Bonchev–Trinajstić information content (AvgIpc) is 2.30. The quantitative estimate of drug-likeness (QED) is 0.279. The van der Waals surface area contributed by atoms with Crippen LogP contribution in [0.1, 0.15) is 32.6 Å². The van der Waals surface area contributed by atoms with Gasteiger partial charge in [-0.1, -0.05) is 12.1 Å². The minimum atomic E-state index is 0.312. The van der Waals surface area contributed by atoms with E-state index in [0.717, 1.165) is 19.5 Å². The van der Waals surface area contributed by atoms with Crippen LogP contribution in [0.2, 0.25) is 0 Å². The van der Waals surface area contributed by atoms with Crippen molar-refractivity contribution in [3.8, 4) is 0 Å². The molecule has 0 amide bonds. The van der Waals surface area contributed by atoms with Crippen LogP contribution in [-0.2, 0) is 0 Å². The number of piperidine rings is 1. The van der Waals surface area contributed by atoms with Crippen molar-refractivity contribution in [3.05, 3.63) is 0 Å². The summed E-state index contributed by atoms with van der Waals surface area (Å²) in [4.78, 5) is 2.35. The van der Waals surface area contributed by atoms with Crippen LogP contribution in [0.15, 0.2) is 5.16 Å². The van der Waals surface area contributed by atoms with E-state index < -0.39 is 0 Å². The number of oxime groups is 1. The summed E-state index contributed by atoms with van der Waals surface area (Å²) in [6.45, 7) is 4.42. The molecule has 1 aliphatic rings. The molecule has 0 spiro atoms. The Morgan fingerprint density at radius 2 is 2.19 bits per heavy atom. The summed E-state index contributed by atoms with van der Waals surface area (Å²) < 4.78 is 0. The van der Waals surface area contributed by atoms with E-state index in [-0.39, 0.29) is 0 Å². The summed E-state index contributed by atoms with van der Waals surface area (Å²) in [6, 6.07) is 0.900. The maximum Gasteiger partial charge on any atom is 0.140 e. The fourth-order valence-electron chi connectivity index (χ4n) is 2.12. The fourth-order valence-corrected chi connectivity index (χ4v) is 2.12. The molecule has 0 bridgehead atoms. The molecule has 1 aliphatic heterocycles. The minimum absolute atomic E-state index is 0.312. The molecule has 94 valence electrons. The Labute approximate surface area is 97.7 Å². The highest BCUT2D eigenvalue weighted by Gasteiger charge is 2.19. The largest absolute Gasteiger partial charge is 0.409 e. The van der Waals surface area contributed by atoms with Gasteiger partial charge in [-0.05, 0) is 39.4 Å². The molecule has 1 unspecified atom stereocenters. The summed E-state index contributed by atoms with van der Waals surface area (Å²) in [5.41, 5.74) is 5.53. The van der Waals surface area contributed by atoms with E-state index in [0.29, 0.717) is 24.3 Å². The molecule has 0 saturated carbocycles. The van der Waals surface area contributed by atoms with Crippen LogP contribution in [-0.4, -0.2) is 48.2 Å². The number of nitrogens with zero attached hydrogens (tertiary/aromatic N) is 2. The molecule has 5 heteroatoms. The number of hydrogen-bond donors (Lipinski definition) is 3. The Bertz CT molecular complexity index is 224. The number of amidine groups is 1. The molecule has 0 aromatic rings. The predicted octanol–water partition coefficient (Wildman–Crippen LogP) is 0.585. The van der Waals surface area contributed by atoms with Crippen LogP contribution in [0.25, 0.3) is 0 Å². The van der Waals surface area contributed by atoms with E-state index in [1.807, 2.05) is 0 Å². The molecule has 5 nitrogen and oxygen atoms in total. The van der Waals surface area contributed by atoms with Crippen molar-refractivity contribution in [2.24, 2.45) is 10.9 Å². The van der Waals surface area contributed by atoms with Crippen LogP contribution >= 0.6 is 0 Å². The standard InChI is InChI=1S/C11H24N4O/c1-3-9(8-11(12)14-16)13-10-4-6-15(2)7-5-10/h9-10,13,16H,3-8H2,1-2H3,(H2,12,14). The number of likely N-dealkylation sites (tertiary alicyclic amines) is 1. The third-order valence-corrected chi connectivity index (χ3v) is 3.27. The van der Waals surface area contributed by atoms with Crippen molar-refractivity contribution in [3.63, 3.8) is 0 Å². The van der Waals surface area contributed by atoms with E-state index in [1.54, 1.807) is 0 Å². The molecule has 0 aliphatic carbocycles. The summed E-state index contributed by atoms with van der Waals surface area (Å²) in [5.74, 6) is 0.312. The second kappa shape index (κ2) is 6.70. The molecule has 1 atom stereocenters. The van der Waals surface area contributed by atoms with Gasteiger partial charge in [-0.2, -0.15) is 0 Å². The first kappa shape index (κ1) is 13.3. The first-order valence-corrected chi connectivity index (χ1v) is 6.06. The number of nitrogens with two attached hydrogens (primary N) is 1. The summed E-state index contributed by atoms with van der Waals surface area (Å²) >= 11 is 0. The molecule has 1 heterocycles. The second-order valence-electron chi connectivity index (χ2n) is 4.64. The van der Waals surface area contributed by atoms with Crippen LogP contribution < -0.4 is 11.1 Å². The van der Waals surface area contributed by atoms with Crippen molar-refractivity contribution in [2.45, 2.75) is 44.7 Å². The van der Waals surface area contributed by atoms with Crippen molar-refractivity contribution in [2.75, 3.05) is 20.1 Å². The van der Waals surface area contributed by atoms with E-state index in [2.05, 4.69) is 29.3 Å². The first-order valence-electron chi connectivity index (χ1n) is 6.06. The van der Waals surface area contributed by atoms with Gasteiger partial charge in [0.1, 0.15) is 5.84 Å². The zero-order valence-corrected chi connectivity index (χ0v) is 10.3. The zero-order chi connectivity index (χ0) is 12.0. The maximum absolute atomic E-state index is 8.55. The van der Waals surface area contributed by atoms with Crippen molar-refractivity contribution in [1.82, 2.24) is 10.2 Å². The Kier molecular flexibility index (Phi) is 5.55. The van der Waals surface area contributed by atoms with Crippen molar-refractivity contribution < 1.29 is 5.21 Å². The third-order valence-electron chi connectivity index (χ3n) is 3.27. The van der Waals surface area contributed by atoms with Crippen LogP contribution in [0.5, 0.6) is 0 Å². The molecule has 1 fully saturated rings. The Morgan fingerprint density at radius 1 is 1.56 bits per heavy atom. The highest BCUT2D eigenvalue weighted by molar-refractivity contribution is 5.80. The smallest absolute Gasteiger partial charge is 0.140 e. The molecule has 1 rings (SSSR count). The molecule has 1 saturated heterocycles. The number of hydrogen-bond acceptors (Lipinski definition) is 4. The molecule has 4 N–H and O–H groups in total. The molecular weight excluding hydrogens is 204 g/mol. The van der Waals surface area contributed by atoms with E-state index in [4.69, 9.17) is 10.9 Å². The van der Waals surface area contributed by atoms with E-state index >= 15 is 0 Å². The van der Waals surface area contributed by atoms with E-state index in [9.17, 15) is 0 Å². The van der Waals surface area contributed by atoms with Crippen molar-refractivity contribution in [1.29, 1.82) is 0 Å². The lowest BCUT2D eigenvalue weighted by atomic mass is 10.0. The Morgan fingerprint density at radius 3 is 2.69 bits per heavy atom. The van der Waals surface area contributed by atoms with Gasteiger partial charge in [0.05, 0.1) is 0 Å². The highest BCUT2D eigenvalue weighted by atomic mass is 16.4. The maximum atomic E-state index is 8.55. The molecule has 16 heavy (non-hydrogen) atoms. The number of nitrogens with one attached hydrogen (secondary N) is 1. The van der Waals surface area contributed by atoms with Crippen LogP contribution in [0.4, 0.5) is 0 Å². The first-order chi connectivity index (χ1) is 7.65. The summed E-state index contributed by atoms with van der Waals surface area (Å²) in [6.07, 6.45) is 3.99. The zero-order valence-electron chi connectivity index (χ0n) is 10.3. The van der Waals surface area contributed by atoms with Gasteiger partial charge in [0.15, 0.2) is 0 Å².